The lowest BCUT2D eigenvalue weighted by Crippen LogP contribution is -2.36. The molecule has 0 aromatic heterocycles. The summed E-state index contributed by atoms with van der Waals surface area (Å²) < 4.78 is 37.1. The summed E-state index contributed by atoms with van der Waals surface area (Å²) in [6.45, 7) is 1.71. The minimum atomic E-state index is -4.45. The number of carboxylic acids is 1. The molecule has 4 nitrogen and oxygen atoms in total. The zero-order chi connectivity index (χ0) is 15.3. The Morgan fingerprint density at radius 3 is 2.20 bits per heavy atom. The number of rotatable bonds is 5. The molecule has 1 atom stereocenters. The van der Waals surface area contributed by atoms with Gasteiger partial charge in [-0.15, -0.1) is 0 Å². The van der Waals surface area contributed by atoms with Crippen LogP contribution in [0.3, 0.4) is 0 Å². The number of aliphatic carboxylic acids is 1. The van der Waals surface area contributed by atoms with E-state index in [0.717, 1.165) is 24.3 Å². The first-order valence-corrected chi connectivity index (χ1v) is 5.94. The van der Waals surface area contributed by atoms with Crippen molar-refractivity contribution >= 4 is 11.9 Å². The highest BCUT2D eigenvalue weighted by Gasteiger charge is 2.30. The van der Waals surface area contributed by atoms with Gasteiger partial charge in [-0.25, -0.2) is 0 Å². The summed E-state index contributed by atoms with van der Waals surface area (Å²) in [7, 11) is 0. The Hall–Kier alpha value is -2.05. The summed E-state index contributed by atoms with van der Waals surface area (Å²) in [6, 6.07) is 3.19. The van der Waals surface area contributed by atoms with Crippen LogP contribution in [0.4, 0.5) is 13.2 Å². The Labute approximate surface area is 113 Å². The normalized spacial score (nSPS) is 12.8. The number of hydrogen-bond acceptors (Lipinski definition) is 2. The quantitative estimate of drug-likeness (QED) is 0.875. The third-order valence-electron chi connectivity index (χ3n) is 2.72. The second kappa shape index (κ2) is 6.40. The number of halogens is 3. The van der Waals surface area contributed by atoms with Crippen LogP contribution in [0.25, 0.3) is 0 Å². The minimum absolute atomic E-state index is 0.0573. The minimum Gasteiger partial charge on any atom is -0.481 e. The average molecular weight is 289 g/mol. The number of alkyl halides is 3. The molecule has 1 rings (SSSR count). The largest absolute Gasteiger partial charge is 0.481 e. The maximum absolute atomic E-state index is 12.4. The molecule has 0 saturated heterocycles. The lowest BCUT2D eigenvalue weighted by atomic mass is 10.1. The monoisotopic (exact) mass is 289 g/mol. The predicted octanol–water partition coefficient (Wildman–Crippen LogP) is 2.69. The zero-order valence-corrected chi connectivity index (χ0v) is 10.7. The number of nitrogens with one attached hydrogen (secondary N) is 1. The van der Waals surface area contributed by atoms with E-state index in [0.29, 0.717) is 6.42 Å². The molecule has 1 aromatic carbocycles. The van der Waals surface area contributed by atoms with Gasteiger partial charge < -0.3 is 10.4 Å². The number of carbonyl (C=O) groups excluding carboxylic acids is 1. The number of carboxylic acid groups (broad SMARTS) is 1. The molecule has 20 heavy (non-hydrogen) atoms. The first-order valence-electron chi connectivity index (χ1n) is 5.94. The zero-order valence-electron chi connectivity index (χ0n) is 10.7. The van der Waals surface area contributed by atoms with Crippen LogP contribution >= 0.6 is 0 Å². The number of amides is 1. The van der Waals surface area contributed by atoms with Crippen LogP contribution in [-0.2, 0) is 11.0 Å². The second-order valence-electron chi connectivity index (χ2n) is 4.25. The fourth-order valence-corrected chi connectivity index (χ4v) is 1.59. The summed E-state index contributed by atoms with van der Waals surface area (Å²) in [6.07, 6.45) is -4.27. The van der Waals surface area contributed by atoms with Crippen molar-refractivity contribution in [2.45, 2.75) is 32.0 Å². The topological polar surface area (TPSA) is 66.4 Å². The Morgan fingerprint density at radius 1 is 1.25 bits per heavy atom. The fourth-order valence-electron chi connectivity index (χ4n) is 1.59. The summed E-state index contributed by atoms with van der Waals surface area (Å²) in [5.74, 6) is -1.64. The van der Waals surface area contributed by atoms with Gasteiger partial charge in [-0.1, -0.05) is 6.92 Å². The van der Waals surface area contributed by atoms with Gasteiger partial charge in [-0.3, -0.25) is 9.59 Å². The van der Waals surface area contributed by atoms with Crippen molar-refractivity contribution in [1.82, 2.24) is 5.32 Å². The van der Waals surface area contributed by atoms with E-state index in [-0.39, 0.29) is 12.0 Å². The maximum atomic E-state index is 12.4. The molecule has 110 valence electrons. The van der Waals surface area contributed by atoms with Crippen molar-refractivity contribution in [3.63, 3.8) is 0 Å². The number of hydrogen-bond donors (Lipinski definition) is 2. The molecule has 0 saturated carbocycles. The van der Waals surface area contributed by atoms with E-state index in [4.69, 9.17) is 5.11 Å². The van der Waals surface area contributed by atoms with Crippen molar-refractivity contribution in [1.29, 1.82) is 0 Å². The van der Waals surface area contributed by atoms with Crippen molar-refractivity contribution in [2.75, 3.05) is 0 Å². The Balaban J connectivity index is 2.75. The molecule has 0 aliphatic carbocycles. The van der Waals surface area contributed by atoms with E-state index in [1.165, 1.54) is 0 Å². The van der Waals surface area contributed by atoms with E-state index < -0.39 is 29.7 Å². The standard InChI is InChI=1S/C13H14F3NO3/c1-2-10(7-11(18)19)17-12(20)8-3-5-9(6-4-8)13(14,15)16/h3-6,10H,2,7H2,1H3,(H,17,20)(H,18,19). The van der Waals surface area contributed by atoms with Gasteiger partial charge in [0.1, 0.15) is 0 Å². The molecule has 2 N–H and O–H groups in total. The Kier molecular flexibility index (Phi) is 5.12. The van der Waals surface area contributed by atoms with E-state index in [1.54, 1.807) is 6.92 Å². The lowest BCUT2D eigenvalue weighted by molar-refractivity contribution is -0.138. The molecule has 0 radical (unpaired) electrons. The van der Waals surface area contributed by atoms with Crippen LogP contribution in [0, 0.1) is 0 Å². The van der Waals surface area contributed by atoms with Gasteiger partial charge in [0.25, 0.3) is 5.91 Å². The highest BCUT2D eigenvalue weighted by Crippen LogP contribution is 2.29. The molecule has 0 heterocycles. The molecular formula is C13H14F3NO3. The van der Waals surface area contributed by atoms with Crippen LogP contribution in [0.5, 0.6) is 0 Å². The molecule has 7 heteroatoms. The van der Waals surface area contributed by atoms with Crippen LogP contribution in [0.15, 0.2) is 24.3 Å². The third-order valence-corrected chi connectivity index (χ3v) is 2.72. The molecule has 0 aliphatic heterocycles. The smallest absolute Gasteiger partial charge is 0.416 e. The number of benzene rings is 1. The van der Waals surface area contributed by atoms with Gasteiger partial charge in [-0.05, 0) is 30.7 Å². The van der Waals surface area contributed by atoms with Crippen molar-refractivity contribution < 1.29 is 27.9 Å². The summed E-state index contributed by atoms with van der Waals surface area (Å²) in [4.78, 5) is 22.3. The maximum Gasteiger partial charge on any atom is 0.416 e. The number of carbonyl (C=O) groups is 2. The van der Waals surface area contributed by atoms with Gasteiger partial charge in [0.2, 0.25) is 0 Å². The van der Waals surface area contributed by atoms with E-state index >= 15 is 0 Å². The van der Waals surface area contributed by atoms with Gasteiger partial charge >= 0.3 is 12.1 Å². The predicted molar refractivity (Wildman–Crippen MR) is 65.2 cm³/mol. The summed E-state index contributed by atoms with van der Waals surface area (Å²) in [5, 5.41) is 11.1. The van der Waals surface area contributed by atoms with Crippen LogP contribution in [0.1, 0.15) is 35.7 Å². The van der Waals surface area contributed by atoms with Crippen molar-refractivity contribution in [3.8, 4) is 0 Å². The van der Waals surface area contributed by atoms with Gasteiger partial charge in [0.05, 0.1) is 12.0 Å². The highest BCUT2D eigenvalue weighted by molar-refractivity contribution is 5.94. The Bertz CT molecular complexity index is 483. The van der Waals surface area contributed by atoms with E-state index in [1.807, 2.05) is 0 Å². The first-order chi connectivity index (χ1) is 9.24. The summed E-state index contributed by atoms with van der Waals surface area (Å²) >= 11 is 0. The van der Waals surface area contributed by atoms with Crippen molar-refractivity contribution in [3.05, 3.63) is 35.4 Å². The van der Waals surface area contributed by atoms with E-state index in [9.17, 15) is 22.8 Å². The summed E-state index contributed by atoms with van der Waals surface area (Å²) in [5.41, 5.74) is -0.784. The average Bonchev–Trinajstić information content (AvgIpc) is 2.36. The second-order valence-corrected chi connectivity index (χ2v) is 4.25. The molecule has 0 bridgehead atoms. The molecule has 0 fully saturated rings. The molecule has 1 amide bonds. The lowest BCUT2D eigenvalue weighted by Gasteiger charge is -2.15. The fraction of sp³-hybridized carbons (Fsp3) is 0.385. The third kappa shape index (κ3) is 4.56. The Morgan fingerprint density at radius 2 is 1.80 bits per heavy atom. The first kappa shape index (κ1) is 16.0. The van der Waals surface area contributed by atoms with Gasteiger partial charge in [0, 0.05) is 11.6 Å². The molecule has 0 aliphatic rings. The SMILES string of the molecule is CCC(CC(=O)O)NC(=O)c1ccc(C(F)(F)F)cc1. The van der Waals surface area contributed by atoms with Gasteiger partial charge in [-0.2, -0.15) is 13.2 Å². The highest BCUT2D eigenvalue weighted by atomic mass is 19.4. The van der Waals surface area contributed by atoms with E-state index in [2.05, 4.69) is 5.32 Å². The molecular weight excluding hydrogens is 275 g/mol. The van der Waals surface area contributed by atoms with Gasteiger partial charge in [0.15, 0.2) is 0 Å². The van der Waals surface area contributed by atoms with Crippen LogP contribution < -0.4 is 5.32 Å². The molecule has 1 unspecified atom stereocenters. The van der Waals surface area contributed by atoms with Crippen LogP contribution in [0.2, 0.25) is 0 Å². The molecule has 0 spiro atoms. The molecule has 1 aromatic rings. The van der Waals surface area contributed by atoms with Crippen molar-refractivity contribution in [2.24, 2.45) is 0 Å². The van der Waals surface area contributed by atoms with Crippen LogP contribution in [-0.4, -0.2) is 23.0 Å².